The highest BCUT2D eigenvalue weighted by Crippen LogP contribution is 2.29. The van der Waals surface area contributed by atoms with E-state index in [-0.39, 0.29) is 5.75 Å². The standard InChI is InChI=1S/C11H13F2NO/c12-11(13)15-10-3-1-2-9(6-10)14-7-8-4-5-8/h1-3,6,8,11,14H,4-5,7H2. The van der Waals surface area contributed by atoms with Crippen molar-refractivity contribution in [2.24, 2.45) is 5.92 Å². The quantitative estimate of drug-likeness (QED) is 0.811. The number of hydrogen-bond acceptors (Lipinski definition) is 2. The minimum atomic E-state index is -2.76. The van der Waals surface area contributed by atoms with Gasteiger partial charge in [-0.15, -0.1) is 0 Å². The molecule has 15 heavy (non-hydrogen) atoms. The second-order valence-electron chi connectivity index (χ2n) is 3.73. The molecule has 0 aromatic heterocycles. The Morgan fingerprint density at radius 3 is 2.87 bits per heavy atom. The Hall–Kier alpha value is -1.32. The molecule has 1 saturated carbocycles. The molecule has 0 aliphatic heterocycles. The summed E-state index contributed by atoms with van der Waals surface area (Å²) >= 11 is 0. The number of alkyl halides is 2. The van der Waals surface area contributed by atoms with E-state index in [0.717, 1.165) is 18.2 Å². The van der Waals surface area contributed by atoms with Crippen LogP contribution in [0.4, 0.5) is 14.5 Å². The number of nitrogens with one attached hydrogen (secondary N) is 1. The minimum absolute atomic E-state index is 0.200. The van der Waals surface area contributed by atoms with E-state index in [4.69, 9.17) is 0 Å². The van der Waals surface area contributed by atoms with Crippen molar-refractivity contribution in [1.82, 2.24) is 0 Å². The van der Waals surface area contributed by atoms with Crippen LogP contribution in [0, 0.1) is 5.92 Å². The molecular weight excluding hydrogens is 200 g/mol. The zero-order valence-corrected chi connectivity index (χ0v) is 8.25. The maximum absolute atomic E-state index is 11.9. The van der Waals surface area contributed by atoms with Gasteiger partial charge in [0.15, 0.2) is 0 Å². The van der Waals surface area contributed by atoms with Gasteiger partial charge in [0.25, 0.3) is 0 Å². The molecule has 0 amide bonds. The molecule has 0 atom stereocenters. The van der Waals surface area contributed by atoms with E-state index >= 15 is 0 Å². The fourth-order valence-electron chi connectivity index (χ4n) is 1.37. The second-order valence-corrected chi connectivity index (χ2v) is 3.73. The van der Waals surface area contributed by atoms with Gasteiger partial charge in [-0.3, -0.25) is 0 Å². The van der Waals surface area contributed by atoms with Crippen molar-refractivity contribution >= 4 is 5.69 Å². The predicted molar refractivity (Wildman–Crippen MR) is 54.3 cm³/mol. The number of rotatable bonds is 5. The summed E-state index contributed by atoms with van der Waals surface area (Å²) < 4.78 is 28.2. The van der Waals surface area contributed by atoms with Gasteiger partial charge in [0.1, 0.15) is 5.75 Å². The lowest BCUT2D eigenvalue weighted by Gasteiger charge is -2.08. The second kappa shape index (κ2) is 4.47. The summed E-state index contributed by atoms with van der Waals surface area (Å²) in [5, 5.41) is 3.20. The first-order chi connectivity index (χ1) is 7.24. The number of ether oxygens (including phenoxy) is 1. The van der Waals surface area contributed by atoms with Crippen LogP contribution in [0.1, 0.15) is 12.8 Å². The molecule has 82 valence electrons. The first-order valence-corrected chi connectivity index (χ1v) is 5.03. The monoisotopic (exact) mass is 213 g/mol. The lowest BCUT2D eigenvalue weighted by Crippen LogP contribution is -2.05. The molecule has 0 unspecified atom stereocenters. The van der Waals surface area contributed by atoms with E-state index in [1.807, 2.05) is 6.07 Å². The molecule has 2 rings (SSSR count). The van der Waals surface area contributed by atoms with Gasteiger partial charge >= 0.3 is 6.61 Å². The topological polar surface area (TPSA) is 21.3 Å². The van der Waals surface area contributed by atoms with Crippen molar-refractivity contribution in [3.05, 3.63) is 24.3 Å². The van der Waals surface area contributed by atoms with E-state index in [2.05, 4.69) is 10.1 Å². The van der Waals surface area contributed by atoms with E-state index < -0.39 is 6.61 Å². The third-order valence-electron chi connectivity index (χ3n) is 2.35. The molecule has 1 fully saturated rings. The molecule has 1 aromatic rings. The Balaban J connectivity index is 1.91. The number of halogens is 2. The Kier molecular flexibility index (Phi) is 3.04. The molecule has 0 radical (unpaired) electrons. The molecule has 2 nitrogen and oxygen atoms in total. The largest absolute Gasteiger partial charge is 0.435 e. The zero-order chi connectivity index (χ0) is 10.7. The molecule has 0 saturated heterocycles. The van der Waals surface area contributed by atoms with Gasteiger partial charge in [-0.25, -0.2) is 0 Å². The fourth-order valence-corrected chi connectivity index (χ4v) is 1.37. The molecule has 0 spiro atoms. The fraction of sp³-hybridized carbons (Fsp3) is 0.455. The molecule has 1 aliphatic carbocycles. The van der Waals surface area contributed by atoms with Gasteiger partial charge in [-0.1, -0.05) is 6.07 Å². The maximum Gasteiger partial charge on any atom is 0.387 e. The van der Waals surface area contributed by atoms with Gasteiger partial charge in [0.2, 0.25) is 0 Å². The third kappa shape index (κ3) is 3.38. The highest BCUT2D eigenvalue weighted by atomic mass is 19.3. The number of hydrogen-bond donors (Lipinski definition) is 1. The maximum atomic E-state index is 11.9. The summed E-state index contributed by atoms with van der Waals surface area (Å²) in [7, 11) is 0. The normalized spacial score (nSPS) is 15.4. The molecule has 4 heteroatoms. The van der Waals surface area contributed by atoms with Crippen LogP contribution < -0.4 is 10.1 Å². The summed E-state index contributed by atoms with van der Waals surface area (Å²) in [6.45, 7) is -1.85. The van der Waals surface area contributed by atoms with Crippen LogP contribution >= 0.6 is 0 Å². The van der Waals surface area contributed by atoms with Crippen molar-refractivity contribution in [2.45, 2.75) is 19.5 Å². The van der Waals surface area contributed by atoms with Crippen LogP contribution in [0.15, 0.2) is 24.3 Å². The molecule has 0 heterocycles. The van der Waals surface area contributed by atoms with Crippen LogP contribution in [0.5, 0.6) is 5.75 Å². The number of anilines is 1. The third-order valence-corrected chi connectivity index (χ3v) is 2.35. The van der Waals surface area contributed by atoms with Crippen molar-refractivity contribution in [3.8, 4) is 5.75 Å². The van der Waals surface area contributed by atoms with Crippen molar-refractivity contribution in [1.29, 1.82) is 0 Å². The minimum Gasteiger partial charge on any atom is -0.435 e. The highest BCUT2D eigenvalue weighted by Gasteiger charge is 2.20. The lowest BCUT2D eigenvalue weighted by molar-refractivity contribution is -0.0498. The van der Waals surface area contributed by atoms with Gasteiger partial charge in [0.05, 0.1) is 0 Å². The van der Waals surface area contributed by atoms with Gasteiger partial charge in [0, 0.05) is 18.3 Å². The predicted octanol–water partition coefficient (Wildman–Crippen LogP) is 3.11. The first kappa shape index (κ1) is 10.2. The molecule has 0 bridgehead atoms. The van der Waals surface area contributed by atoms with Crippen molar-refractivity contribution in [3.63, 3.8) is 0 Å². The Bertz CT molecular complexity index is 326. The van der Waals surface area contributed by atoms with Crippen LogP contribution in [0.25, 0.3) is 0 Å². The SMILES string of the molecule is FC(F)Oc1cccc(NCC2CC2)c1. The Morgan fingerprint density at radius 1 is 1.40 bits per heavy atom. The van der Waals surface area contributed by atoms with Gasteiger partial charge in [-0.05, 0) is 30.9 Å². The van der Waals surface area contributed by atoms with Crippen molar-refractivity contribution < 1.29 is 13.5 Å². The van der Waals surface area contributed by atoms with Gasteiger partial charge in [-0.2, -0.15) is 8.78 Å². The number of benzene rings is 1. The molecule has 1 aromatic carbocycles. The summed E-state index contributed by atoms with van der Waals surface area (Å²) in [5.41, 5.74) is 0.833. The van der Waals surface area contributed by atoms with Crippen molar-refractivity contribution in [2.75, 3.05) is 11.9 Å². The van der Waals surface area contributed by atoms with Crippen LogP contribution in [-0.4, -0.2) is 13.2 Å². The molecular formula is C11H13F2NO. The van der Waals surface area contributed by atoms with E-state index in [9.17, 15) is 8.78 Å². The van der Waals surface area contributed by atoms with Crippen LogP contribution in [0.3, 0.4) is 0 Å². The summed E-state index contributed by atoms with van der Waals surface area (Å²) in [4.78, 5) is 0. The zero-order valence-electron chi connectivity index (χ0n) is 8.25. The Labute approximate surface area is 87.2 Å². The average Bonchev–Trinajstić information content (AvgIpc) is 2.97. The summed E-state index contributed by atoms with van der Waals surface area (Å²) in [6, 6.07) is 6.66. The average molecular weight is 213 g/mol. The molecule has 1 aliphatic rings. The van der Waals surface area contributed by atoms with Gasteiger partial charge < -0.3 is 10.1 Å². The lowest BCUT2D eigenvalue weighted by atomic mass is 10.3. The van der Waals surface area contributed by atoms with E-state index in [1.165, 1.54) is 18.9 Å². The highest BCUT2D eigenvalue weighted by molar-refractivity contribution is 5.48. The van der Waals surface area contributed by atoms with E-state index in [1.54, 1.807) is 12.1 Å². The van der Waals surface area contributed by atoms with Crippen LogP contribution in [-0.2, 0) is 0 Å². The van der Waals surface area contributed by atoms with E-state index in [0.29, 0.717) is 0 Å². The summed E-state index contributed by atoms with van der Waals surface area (Å²) in [5.74, 6) is 0.954. The molecule has 1 N–H and O–H groups in total. The smallest absolute Gasteiger partial charge is 0.387 e. The Morgan fingerprint density at radius 2 is 2.20 bits per heavy atom. The first-order valence-electron chi connectivity index (χ1n) is 5.03. The summed E-state index contributed by atoms with van der Waals surface area (Å²) in [6.07, 6.45) is 2.53. The van der Waals surface area contributed by atoms with Crippen LogP contribution in [0.2, 0.25) is 0 Å².